The van der Waals surface area contributed by atoms with Gasteiger partial charge < -0.3 is 4.57 Å². The zero-order chi connectivity index (χ0) is 19.5. The average Bonchev–Trinajstić information content (AvgIpc) is 3.25. The molecule has 142 valence electrons. The van der Waals surface area contributed by atoms with Crippen LogP contribution in [-0.2, 0) is 11.3 Å². The minimum absolute atomic E-state index is 0.0934. The summed E-state index contributed by atoms with van der Waals surface area (Å²) in [6.45, 7) is 2.53. The molecule has 5 nitrogen and oxygen atoms in total. The van der Waals surface area contributed by atoms with Crippen LogP contribution in [0.3, 0.4) is 0 Å². The highest BCUT2D eigenvalue weighted by atomic mass is 35.5. The standard InChI is InChI=1S/C20H17ClN4OS2/c1-13-23-24-20(28-13)22-19(26)12-27-18-11-25(17-9-5-3-7-15(17)18)10-14-6-2-4-8-16(14)21/h2-9,11H,10,12H2,1H3,(H,22,24,26). The average molecular weight is 429 g/mol. The third-order valence-corrected chi connectivity index (χ3v) is 6.35. The quantitative estimate of drug-likeness (QED) is 0.427. The minimum Gasteiger partial charge on any atom is -0.342 e. The van der Waals surface area contributed by atoms with E-state index in [0.717, 1.165) is 31.4 Å². The molecule has 0 aliphatic heterocycles. The summed E-state index contributed by atoms with van der Waals surface area (Å²) in [5.74, 6) is 0.211. The summed E-state index contributed by atoms with van der Waals surface area (Å²) in [4.78, 5) is 13.3. The summed E-state index contributed by atoms with van der Waals surface area (Å²) in [6.07, 6.45) is 2.08. The van der Waals surface area contributed by atoms with E-state index in [1.54, 1.807) is 0 Å². The molecule has 0 atom stereocenters. The Labute approximate surface area is 175 Å². The molecule has 2 heterocycles. The third kappa shape index (κ3) is 4.22. The van der Waals surface area contributed by atoms with E-state index in [9.17, 15) is 4.79 Å². The molecule has 1 N–H and O–H groups in total. The van der Waals surface area contributed by atoms with Crippen LogP contribution in [0.4, 0.5) is 5.13 Å². The van der Waals surface area contributed by atoms with Gasteiger partial charge in [-0.05, 0) is 24.6 Å². The molecule has 0 radical (unpaired) electrons. The largest absolute Gasteiger partial charge is 0.342 e. The molecule has 0 unspecified atom stereocenters. The van der Waals surface area contributed by atoms with E-state index in [0.29, 0.717) is 17.4 Å². The zero-order valence-corrected chi connectivity index (χ0v) is 17.4. The molecule has 4 rings (SSSR count). The van der Waals surface area contributed by atoms with E-state index in [1.165, 1.54) is 23.1 Å². The lowest BCUT2D eigenvalue weighted by atomic mass is 10.2. The number of fused-ring (bicyclic) bond motifs is 1. The highest BCUT2D eigenvalue weighted by Crippen LogP contribution is 2.31. The van der Waals surface area contributed by atoms with Gasteiger partial charge in [-0.15, -0.1) is 22.0 Å². The number of thioether (sulfide) groups is 1. The number of aromatic nitrogens is 3. The smallest absolute Gasteiger partial charge is 0.236 e. The van der Waals surface area contributed by atoms with Crippen LogP contribution in [0.5, 0.6) is 0 Å². The molecule has 4 aromatic rings. The van der Waals surface area contributed by atoms with Gasteiger partial charge in [0, 0.05) is 33.6 Å². The van der Waals surface area contributed by atoms with Crippen molar-refractivity contribution >= 4 is 56.6 Å². The van der Waals surface area contributed by atoms with Gasteiger partial charge in [-0.1, -0.05) is 59.3 Å². The second-order valence-electron chi connectivity index (χ2n) is 6.19. The molecule has 0 aliphatic rings. The molecular weight excluding hydrogens is 412 g/mol. The highest BCUT2D eigenvalue weighted by Gasteiger charge is 2.13. The fraction of sp³-hybridized carbons (Fsp3) is 0.150. The first-order valence-corrected chi connectivity index (χ1v) is 10.8. The Kier molecular flexibility index (Phi) is 5.66. The van der Waals surface area contributed by atoms with Gasteiger partial charge in [0.05, 0.1) is 5.75 Å². The van der Waals surface area contributed by atoms with E-state index >= 15 is 0 Å². The first-order chi connectivity index (χ1) is 13.6. The summed E-state index contributed by atoms with van der Waals surface area (Å²) in [6, 6.07) is 16.0. The molecule has 0 bridgehead atoms. The first kappa shape index (κ1) is 19.0. The van der Waals surface area contributed by atoms with Crippen LogP contribution in [0.2, 0.25) is 5.02 Å². The first-order valence-electron chi connectivity index (χ1n) is 8.64. The van der Waals surface area contributed by atoms with E-state index in [2.05, 4.69) is 38.4 Å². The highest BCUT2D eigenvalue weighted by molar-refractivity contribution is 8.00. The number of anilines is 1. The number of halogens is 1. The lowest BCUT2D eigenvalue weighted by molar-refractivity contribution is -0.113. The Morgan fingerprint density at radius 1 is 1.18 bits per heavy atom. The molecule has 0 aliphatic carbocycles. The maximum atomic E-state index is 12.3. The second kappa shape index (κ2) is 8.34. The maximum absolute atomic E-state index is 12.3. The van der Waals surface area contributed by atoms with Crippen LogP contribution in [0.15, 0.2) is 59.6 Å². The number of nitrogens with zero attached hydrogens (tertiary/aromatic N) is 3. The van der Waals surface area contributed by atoms with Gasteiger partial charge >= 0.3 is 0 Å². The van der Waals surface area contributed by atoms with E-state index in [4.69, 9.17) is 11.6 Å². The van der Waals surface area contributed by atoms with Crippen LogP contribution >= 0.6 is 34.7 Å². The van der Waals surface area contributed by atoms with Gasteiger partial charge in [-0.3, -0.25) is 10.1 Å². The minimum atomic E-state index is -0.0934. The summed E-state index contributed by atoms with van der Waals surface area (Å²) < 4.78 is 2.17. The summed E-state index contributed by atoms with van der Waals surface area (Å²) in [5, 5.41) is 13.9. The number of aryl methyl sites for hydroxylation is 1. The lowest BCUT2D eigenvalue weighted by Gasteiger charge is -2.07. The number of benzene rings is 2. The topological polar surface area (TPSA) is 59.8 Å². The Morgan fingerprint density at radius 2 is 1.96 bits per heavy atom. The van der Waals surface area contributed by atoms with Crippen molar-refractivity contribution < 1.29 is 4.79 Å². The van der Waals surface area contributed by atoms with Crippen LogP contribution in [0.1, 0.15) is 10.6 Å². The van der Waals surface area contributed by atoms with Gasteiger partial charge in [0.1, 0.15) is 5.01 Å². The maximum Gasteiger partial charge on any atom is 0.236 e. The number of carbonyl (C=O) groups excluding carboxylic acids is 1. The molecule has 1 amide bonds. The summed E-state index contributed by atoms with van der Waals surface area (Å²) >= 11 is 9.21. The number of amides is 1. The molecule has 2 aromatic heterocycles. The van der Waals surface area contributed by atoms with Crippen molar-refractivity contribution in [2.75, 3.05) is 11.1 Å². The second-order valence-corrected chi connectivity index (χ2v) is 8.80. The van der Waals surface area contributed by atoms with Crippen molar-refractivity contribution in [3.8, 4) is 0 Å². The molecule has 0 fully saturated rings. The molecule has 2 aromatic carbocycles. The lowest BCUT2D eigenvalue weighted by Crippen LogP contribution is -2.13. The molecule has 8 heteroatoms. The molecular formula is C20H17ClN4OS2. The zero-order valence-electron chi connectivity index (χ0n) is 15.1. The van der Waals surface area contributed by atoms with Gasteiger partial charge in [0.25, 0.3) is 0 Å². The van der Waals surface area contributed by atoms with Crippen LogP contribution in [-0.4, -0.2) is 26.4 Å². The van der Waals surface area contributed by atoms with Crippen LogP contribution in [0, 0.1) is 6.92 Å². The normalized spacial score (nSPS) is 11.1. The van der Waals surface area contributed by atoms with Crippen LogP contribution in [0.25, 0.3) is 10.9 Å². The van der Waals surface area contributed by atoms with E-state index in [1.807, 2.05) is 43.3 Å². The summed E-state index contributed by atoms with van der Waals surface area (Å²) in [5.41, 5.74) is 2.18. The number of nitrogens with one attached hydrogen (secondary N) is 1. The Bertz CT molecular complexity index is 1140. The van der Waals surface area contributed by atoms with Crippen molar-refractivity contribution in [3.05, 3.63) is 70.3 Å². The number of carbonyl (C=O) groups is 1. The fourth-order valence-electron chi connectivity index (χ4n) is 2.91. The van der Waals surface area contributed by atoms with Crippen molar-refractivity contribution in [1.82, 2.24) is 14.8 Å². The van der Waals surface area contributed by atoms with Crippen molar-refractivity contribution in [2.45, 2.75) is 18.4 Å². The number of para-hydroxylation sites is 1. The number of hydrogen-bond donors (Lipinski definition) is 1. The van der Waals surface area contributed by atoms with Crippen LogP contribution < -0.4 is 5.32 Å². The Morgan fingerprint density at radius 3 is 2.75 bits per heavy atom. The fourth-order valence-corrected chi connectivity index (χ4v) is 4.61. The van der Waals surface area contributed by atoms with Crippen molar-refractivity contribution in [1.29, 1.82) is 0 Å². The van der Waals surface area contributed by atoms with Gasteiger partial charge in [-0.25, -0.2) is 0 Å². The van der Waals surface area contributed by atoms with Gasteiger partial charge in [-0.2, -0.15) is 0 Å². The molecule has 28 heavy (non-hydrogen) atoms. The predicted molar refractivity (Wildman–Crippen MR) is 116 cm³/mol. The number of hydrogen-bond acceptors (Lipinski definition) is 5. The monoisotopic (exact) mass is 428 g/mol. The Hall–Kier alpha value is -2.35. The third-order valence-electron chi connectivity index (χ3n) is 4.18. The van der Waals surface area contributed by atoms with Gasteiger partial charge in [0.15, 0.2) is 0 Å². The molecule has 0 saturated heterocycles. The van der Waals surface area contributed by atoms with Gasteiger partial charge in [0.2, 0.25) is 11.0 Å². The molecule has 0 saturated carbocycles. The predicted octanol–water partition coefficient (Wildman–Crippen LogP) is 5.23. The van der Waals surface area contributed by atoms with Crippen molar-refractivity contribution in [2.24, 2.45) is 0 Å². The number of rotatable bonds is 6. The van der Waals surface area contributed by atoms with E-state index in [-0.39, 0.29) is 5.91 Å². The SMILES string of the molecule is Cc1nnc(NC(=O)CSc2cn(Cc3ccccc3Cl)c3ccccc23)s1. The Balaban J connectivity index is 1.52. The summed E-state index contributed by atoms with van der Waals surface area (Å²) in [7, 11) is 0. The molecule has 0 spiro atoms. The van der Waals surface area contributed by atoms with Crippen molar-refractivity contribution in [3.63, 3.8) is 0 Å². The van der Waals surface area contributed by atoms with E-state index < -0.39 is 0 Å².